The summed E-state index contributed by atoms with van der Waals surface area (Å²) < 4.78 is 0. The fourth-order valence-electron chi connectivity index (χ4n) is 1.71. The molecule has 0 saturated carbocycles. The lowest BCUT2D eigenvalue weighted by molar-refractivity contribution is -0.115. The maximum Gasteiger partial charge on any atom is 0.253 e. The SMILES string of the molecule is Cc1c(Cl)cccc1NC(=O)[C@H](C)Sc1nc(N)cc(=O)[nH]1. The number of halogens is 1. The third-order valence-corrected chi connectivity index (χ3v) is 4.32. The van der Waals surface area contributed by atoms with Gasteiger partial charge in [0.2, 0.25) is 5.91 Å². The number of hydrogen-bond acceptors (Lipinski definition) is 5. The summed E-state index contributed by atoms with van der Waals surface area (Å²) in [6.45, 7) is 3.54. The van der Waals surface area contributed by atoms with Crippen LogP contribution in [-0.2, 0) is 4.79 Å². The second-order valence-electron chi connectivity index (χ2n) is 4.64. The molecule has 0 unspecified atom stereocenters. The second-order valence-corrected chi connectivity index (χ2v) is 6.37. The molecule has 1 aromatic carbocycles. The Morgan fingerprint density at radius 2 is 2.23 bits per heavy atom. The number of aromatic amines is 1. The molecule has 1 aromatic heterocycles. The minimum absolute atomic E-state index is 0.115. The highest BCUT2D eigenvalue weighted by molar-refractivity contribution is 8.00. The number of amides is 1. The molecule has 0 aliphatic rings. The van der Waals surface area contributed by atoms with Crippen LogP contribution in [0.4, 0.5) is 11.5 Å². The molecule has 8 heteroatoms. The molecule has 1 atom stereocenters. The number of benzene rings is 1. The first-order valence-electron chi connectivity index (χ1n) is 6.46. The van der Waals surface area contributed by atoms with E-state index in [0.29, 0.717) is 15.9 Å². The predicted octanol–water partition coefficient (Wildman–Crippen LogP) is 2.43. The van der Waals surface area contributed by atoms with E-state index in [1.807, 2.05) is 6.92 Å². The van der Waals surface area contributed by atoms with E-state index in [9.17, 15) is 9.59 Å². The molecule has 0 bridgehead atoms. The van der Waals surface area contributed by atoms with Gasteiger partial charge < -0.3 is 16.0 Å². The van der Waals surface area contributed by atoms with E-state index in [4.69, 9.17) is 17.3 Å². The molecule has 116 valence electrons. The van der Waals surface area contributed by atoms with Crippen molar-refractivity contribution >= 4 is 40.8 Å². The van der Waals surface area contributed by atoms with E-state index < -0.39 is 5.25 Å². The van der Waals surface area contributed by atoms with E-state index >= 15 is 0 Å². The second kappa shape index (κ2) is 6.85. The van der Waals surface area contributed by atoms with Crippen LogP contribution in [0, 0.1) is 6.92 Å². The number of carbonyl (C=O) groups is 1. The van der Waals surface area contributed by atoms with Gasteiger partial charge in [-0.1, -0.05) is 29.4 Å². The lowest BCUT2D eigenvalue weighted by Crippen LogP contribution is -2.23. The lowest BCUT2D eigenvalue weighted by atomic mass is 10.2. The summed E-state index contributed by atoms with van der Waals surface area (Å²) in [7, 11) is 0. The van der Waals surface area contributed by atoms with E-state index in [0.717, 1.165) is 17.3 Å². The first kappa shape index (κ1) is 16.4. The van der Waals surface area contributed by atoms with Crippen molar-refractivity contribution in [1.29, 1.82) is 0 Å². The zero-order chi connectivity index (χ0) is 16.3. The summed E-state index contributed by atoms with van der Waals surface area (Å²) >= 11 is 7.14. The molecule has 22 heavy (non-hydrogen) atoms. The standard InChI is InChI=1S/C14H15ClN4O2S/c1-7-9(15)4-3-5-10(7)17-13(21)8(2)22-14-18-11(16)6-12(20)19-14/h3-6,8H,1-2H3,(H,17,21)(H3,16,18,19,20)/t8-/m0/s1. The first-order valence-corrected chi connectivity index (χ1v) is 7.72. The smallest absolute Gasteiger partial charge is 0.253 e. The normalized spacial score (nSPS) is 12.0. The molecule has 2 aromatic rings. The third-order valence-electron chi connectivity index (χ3n) is 2.92. The molecular formula is C14H15ClN4O2S. The van der Waals surface area contributed by atoms with Crippen LogP contribution in [0.1, 0.15) is 12.5 Å². The van der Waals surface area contributed by atoms with Gasteiger partial charge in [-0.05, 0) is 31.5 Å². The van der Waals surface area contributed by atoms with Crippen LogP contribution >= 0.6 is 23.4 Å². The number of anilines is 2. The first-order chi connectivity index (χ1) is 10.4. The Bertz CT molecular complexity index is 763. The van der Waals surface area contributed by atoms with Gasteiger partial charge in [0.05, 0.1) is 5.25 Å². The Hall–Kier alpha value is -1.99. The van der Waals surface area contributed by atoms with Crippen molar-refractivity contribution < 1.29 is 4.79 Å². The van der Waals surface area contributed by atoms with Gasteiger partial charge in [0.15, 0.2) is 5.16 Å². The number of rotatable bonds is 4. The highest BCUT2D eigenvalue weighted by Gasteiger charge is 2.17. The molecule has 4 N–H and O–H groups in total. The Balaban J connectivity index is 2.09. The summed E-state index contributed by atoms with van der Waals surface area (Å²) in [4.78, 5) is 30.1. The molecule has 2 rings (SSSR count). The van der Waals surface area contributed by atoms with Gasteiger partial charge in [-0.15, -0.1) is 0 Å². The van der Waals surface area contributed by atoms with Gasteiger partial charge in [-0.2, -0.15) is 0 Å². The zero-order valence-corrected chi connectivity index (χ0v) is 13.6. The molecule has 1 amide bonds. The van der Waals surface area contributed by atoms with Gasteiger partial charge in [0, 0.05) is 16.8 Å². The van der Waals surface area contributed by atoms with Crippen LogP contribution in [0.2, 0.25) is 5.02 Å². The van der Waals surface area contributed by atoms with E-state index in [-0.39, 0.29) is 17.3 Å². The molecule has 0 radical (unpaired) electrons. The molecule has 0 aliphatic heterocycles. The van der Waals surface area contributed by atoms with Crippen LogP contribution in [-0.4, -0.2) is 21.1 Å². The Morgan fingerprint density at radius 3 is 2.91 bits per heavy atom. The number of carbonyl (C=O) groups excluding carboxylic acids is 1. The molecule has 0 saturated heterocycles. The van der Waals surface area contributed by atoms with Crippen molar-refractivity contribution in [1.82, 2.24) is 9.97 Å². The van der Waals surface area contributed by atoms with E-state index in [2.05, 4.69) is 15.3 Å². The van der Waals surface area contributed by atoms with Crippen LogP contribution in [0.15, 0.2) is 34.2 Å². The topological polar surface area (TPSA) is 101 Å². The summed E-state index contributed by atoms with van der Waals surface area (Å²) in [6.07, 6.45) is 0. The number of nitrogens with two attached hydrogens (primary N) is 1. The quantitative estimate of drug-likeness (QED) is 0.587. The number of nitrogens with zero attached hydrogens (tertiary/aromatic N) is 1. The number of nitrogens with one attached hydrogen (secondary N) is 2. The van der Waals surface area contributed by atoms with Crippen molar-refractivity contribution in [2.24, 2.45) is 0 Å². The van der Waals surface area contributed by atoms with Gasteiger partial charge in [-0.25, -0.2) is 4.98 Å². The average molecular weight is 339 g/mol. The Labute approximate surface area is 136 Å². The predicted molar refractivity (Wildman–Crippen MR) is 89.4 cm³/mol. The minimum atomic E-state index is -0.469. The van der Waals surface area contributed by atoms with Crippen LogP contribution in [0.5, 0.6) is 0 Å². The molecule has 0 aliphatic carbocycles. The molecule has 1 heterocycles. The molecule has 0 spiro atoms. The average Bonchev–Trinajstić information content (AvgIpc) is 2.42. The zero-order valence-electron chi connectivity index (χ0n) is 12.0. The van der Waals surface area contributed by atoms with Crippen molar-refractivity contribution in [2.45, 2.75) is 24.3 Å². The van der Waals surface area contributed by atoms with Gasteiger partial charge >= 0.3 is 0 Å². The van der Waals surface area contributed by atoms with Gasteiger partial charge in [-0.3, -0.25) is 9.59 Å². The molecule has 0 fully saturated rings. The fourth-order valence-corrected chi connectivity index (χ4v) is 2.70. The monoisotopic (exact) mass is 338 g/mol. The van der Waals surface area contributed by atoms with Crippen molar-refractivity contribution in [2.75, 3.05) is 11.1 Å². The summed E-state index contributed by atoms with van der Waals surface area (Å²) in [5, 5.41) is 3.22. The van der Waals surface area contributed by atoms with Gasteiger partial charge in [0.25, 0.3) is 5.56 Å². The maximum absolute atomic E-state index is 12.2. The highest BCUT2D eigenvalue weighted by Crippen LogP contribution is 2.25. The number of nitrogen functional groups attached to an aromatic ring is 1. The fraction of sp³-hybridized carbons (Fsp3) is 0.214. The number of thioether (sulfide) groups is 1. The largest absolute Gasteiger partial charge is 0.383 e. The van der Waals surface area contributed by atoms with Crippen molar-refractivity contribution in [3.8, 4) is 0 Å². The third kappa shape index (κ3) is 4.02. The maximum atomic E-state index is 12.2. The lowest BCUT2D eigenvalue weighted by Gasteiger charge is -2.13. The number of hydrogen-bond donors (Lipinski definition) is 3. The van der Waals surface area contributed by atoms with Crippen LogP contribution in [0.3, 0.4) is 0 Å². The Morgan fingerprint density at radius 1 is 1.50 bits per heavy atom. The van der Waals surface area contributed by atoms with Crippen LogP contribution in [0.25, 0.3) is 0 Å². The van der Waals surface area contributed by atoms with E-state index in [1.165, 1.54) is 6.07 Å². The van der Waals surface area contributed by atoms with Crippen LogP contribution < -0.4 is 16.6 Å². The van der Waals surface area contributed by atoms with E-state index in [1.54, 1.807) is 25.1 Å². The molecule has 6 nitrogen and oxygen atoms in total. The summed E-state index contributed by atoms with van der Waals surface area (Å²) in [6, 6.07) is 6.48. The summed E-state index contributed by atoms with van der Waals surface area (Å²) in [5.41, 5.74) is 6.61. The van der Waals surface area contributed by atoms with Crippen molar-refractivity contribution in [3.63, 3.8) is 0 Å². The minimum Gasteiger partial charge on any atom is -0.383 e. The molecular weight excluding hydrogens is 324 g/mol. The van der Waals surface area contributed by atoms with Crippen molar-refractivity contribution in [3.05, 3.63) is 45.2 Å². The number of aromatic nitrogens is 2. The van der Waals surface area contributed by atoms with Gasteiger partial charge in [0.1, 0.15) is 5.82 Å². The number of H-pyrrole nitrogens is 1. The highest BCUT2D eigenvalue weighted by atomic mass is 35.5. The Kier molecular flexibility index (Phi) is 5.10. The summed E-state index contributed by atoms with van der Waals surface area (Å²) in [5.74, 6) is -0.106.